The lowest BCUT2D eigenvalue weighted by molar-refractivity contribution is -0.118. The van der Waals surface area contributed by atoms with E-state index in [1.165, 1.54) is 0 Å². The minimum atomic E-state index is -0.289. The molecule has 0 spiro atoms. The van der Waals surface area contributed by atoms with Crippen molar-refractivity contribution < 1.29 is 14.3 Å². The van der Waals surface area contributed by atoms with Crippen LogP contribution < -0.4 is 15.4 Å². The maximum atomic E-state index is 13.0. The van der Waals surface area contributed by atoms with Gasteiger partial charge in [-0.25, -0.2) is 4.79 Å². The van der Waals surface area contributed by atoms with Crippen LogP contribution in [0, 0.1) is 5.41 Å². The summed E-state index contributed by atoms with van der Waals surface area (Å²) in [7, 11) is 1.76. The molecule has 0 fully saturated rings. The number of urea groups is 1. The van der Waals surface area contributed by atoms with Crippen molar-refractivity contribution in [1.29, 1.82) is 0 Å². The van der Waals surface area contributed by atoms with Gasteiger partial charge >= 0.3 is 6.03 Å². The van der Waals surface area contributed by atoms with Gasteiger partial charge in [-0.2, -0.15) is 0 Å². The first kappa shape index (κ1) is 20.9. The second kappa shape index (κ2) is 8.29. The highest BCUT2D eigenvalue weighted by Crippen LogP contribution is 2.36. The zero-order valence-corrected chi connectivity index (χ0v) is 17.7. The summed E-state index contributed by atoms with van der Waals surface area (Å²) >= 11 is 6.31. The molecule has 1 aromatic heterocycles. The molecule has 1 aliphatic rings. The lowest BCUT2D eigenvalue weighted by atomic mass is 9.83. The van der Waals surface area contributed by atoms with Crippen LogP contribution in [0.3, 0.4) is 0 Å². The maximum absolute atomic E-state index is 13.0. The molecule has 2 heterocycles. The van der Waals surface area contributed by atoms with Crippen LogP contribution >= 0.6 is 11.6 Å². The number of hydrogen-bond acceptors (Lipinski definition) is 4. The minimum absolute atomic E-state index is 0.0713. The first-order chi connectivity index (χ1) is 13.6. The van der Waals surface area contributed by atoms with Crippen molar-refractivity contribution in [3.8, 4) is 5.75 Å². The van der Waals surface area contributed by atoms with Crippen LogP contribution in [0.25, 0.3) is 0 Å². The van der Waals surface area contributed by atoms with E-state index in [4.69, 9.17) is 16.3 Å². The van der Waals surface area contributed by atoms with Gasteiger partial charge in [-0.1, -0.05) is 38.4 Å². The lowest BCUT2D eigenvalue weighted by Crippen LogP contribution is -2.48. The summed E-state index contributed by atoms with van der Waals surface area (Å²) in [5, 5.41) is 5.86. The third kappa shape index (κ3) is 4.98. The summed E-state index contributed by atoms with van der Waals surface area (Å²) in [6, 6.07) is 8.57. The summed E-state index contributed by atoms with van der Waals surface area (Å²) in [6.45, 7) is 6.20. The fraction of sp³-hybridized carbons (Fsp3) is 0.381. The van der Waals surface area contributed by atoms with Crippen molar-refractivity contribution >= 4 is 34.9 Å². The van der Waals surface area contributed by atoms with Gasteiger partial charge in [0.2, 0.25) is 0 Å². The van der Waals surface area contributed by atoms with E-state index < -0.39 is 0 Å². The van der Waals surface area contributed by atoms with Crippen LogP contribution in [0.15, 0.2) is 36.5 Å². The molecule has 1 atom stereocenters. The van der Waals surface area contributed by atoms with E-state index in [-0.39, 0.29) is 30.0 Å². The third-order valence-electron chi connectivity index (χ3n) is 4.86. The Labute approximate surface area is 175 Å². The zero-order chi connectivity index (χ0) is 21.2. The number of benzene rings is 1. The number of rotatable bonds is 4. The number of carbonyl (C=O) groups excluding carboxylic acids is 2. The molecule has 0 radical (unpaired) electrons. The Morgan fingerprint density at radius 2 is 2.14 bits per heavy atom. The average Bonchev–Trinajstić information content (AvgIpc) is 2.66. The number of carbonyl (C=O) groups is 2. The predicted molar refractivity (Wildman–Crippen MR) is 114 cm³/mol. The van der Waals surface area contributed by atoms with Crippen LogP contribution in [-0.2, 0) is 11.2 Å². The molecule has 7 nitrogen and oxygen atoms in total. The summed E-state index contributed by atoms with van der Waals surface area (Å²) < 4.78 is 5.41. The van der Waals surface area contributed by atoms with E-state index in [0.29, 0.717) is 28.6 Å². The maximum Gasteiger partial charge on any atom is 0.321 e. The van der Waals surface area contributed by atoms with Gasteiger partial charge in [0.15, 0.2) is 6.61 Å². The van der Waals surface area contributed by atoms with Gasteiger partial charge in [-0.3, -0.25) is 9.78 Å². The highest BCUT2D eigenvalue weighted by molar-refractivity contribution is 6.34. The Morgan fingerprint density at radius 1 is 1.38 bits per heavy atom. The van der Waals surface area contributed by atoms with E-state index in [1.54, 1.807) is 30.3 Å². The molecule has 1 aliphatic heterocycles. The normalized spacial score (nSPS) is 14.3. The Bertz CT molecular complexity index is 912. The quantitative estimate of drug-likeness (QED) is 0.782. The number of pyridine rings is 1. The van der Waals surface area contributed by atoms with Gasteiger partial charge < -0.3 is 20.3 Å². The highest BCUT2D eigenvalue weighted by Gasteiger charge is 2.32. The lowest BCUT2D eigenvalue weighted by Gasteiger charge is -2.38. The molecular formula is C21H25ClN4O3. The summed E-state index contributed by atoms with van der Waals surface area (Å²) in [5.41, 5.74) is 1.66. The molecule has 0 aliphatic carbocycles. The van der Waals surface area contributed by atoms with Gasteiger partial charge in [-0.15, -0.1) is 0 Å². The molecule has 0 bridgehead atoms. The number of nitrogens with one attached hydrogen (secondary N) is 2. The number of anilines is 2. The van der Waals surface area contributed by atoms with Crippen LogP contribution in [0.5, 0.6) is 5.75 Å². The molecule has 3 rings (SSSR count). The number of likely N-dealkylation sites (N-methyl/N-ethyl adjacent to an activating group) is 1. The third-order valence-corrected chi connectivity index (χ3v) is 5.17. The largest absolute Gasteiger partial charge is 0.482 e. The van der Waals surface area contributed by atoms with Gasteiger partial charge in [0.1, 0.15) is 5.75 Å². The zero-order valence-electron chi connectivity index (χ0n) is 17.0. The first-order valence-corrected chi connectivity index (χ1v) is 9.73. The smallest absolute Gasteiger partial charge is 0.321 e. The number of aromatic nitrogens is 1. The second-order valence-electron chi connectivity index (χ2n) is 8.11. The molecule has 2 N–H and O–H groups in total. The predicted octanol–water partition coefficient (Wildman–Crippen LogP) is 4.19. The van der Waals surface area contributed by atoms with Gasteiger partial charge in [0, 0.05) is 37.5 Å². The van der Waals surface area contributed by atoms with Gasteiger partial charge in [0.05, 0.1) is 16.4 Å². The van der Waals surface area contributed by atoms with E-state index in [2.05, 4.69) is 36.4 Å². The fourth-order valence-corrected chi connectivity index (χ4v) is 3.49. The Balaban J connectivity index is 1.78. The van der Waals surface area contributed by atoms with Crippen molar-refractivity contribution in [3.05, 3.63) is 47.2 Å². The standard InChI is InChI=1S/C21H25ClN4O3/c1-21(2,3)18(9-13-7-5-6-8-23-13)26(4)20(28)25-15-11-17-16(10-14(15)22)24-19(27)12-29-17/h5-8,10-11,18H,9,12H2,1-4H3,(H,24,27)(H,25,28)/t18-/m1/s1. The summed E-state index contributed by atoms with van der Waals surface area (Å²) in [5.74, 6) is 0.223. The van der Waals surface area contributed by atoms with Crippen molar-refractivity contribution in [2.75, 3.05) is 24.3 Å². The van der Waals surface area contributed by atoms with Crippen molar-refractivity contribution in [1.82, 2.24) is 9.88 Å². The highest BCUT2D eigenvalue weighted by atomic mass is 35.5. The monoisotopic (exact) mass is 416 g/mol. The number of nitrogens with zero attached hydrogens (tertiary/aromatic N) is 2. The molecule has 8 heteroatoms. The van der Waals surface area contributed by atoms with E-state index in [0.717, 1.165) is 5.69 Å². The minimum Gasteiger partial charge on any atom is -0.482 e. The van der Waals surface area contributed by atoms with Crippen LogP contribution in [0.4, 0.5) is 16.2 Å². The number of hydrogen-bond donors (Lipinski definition) is 2. The summed E-state index contributed by atoms with van der Waals surface area (Å²) in [6.07, 6.45) is 2.38. The number of amides is 3. The van der Waals surface area contributed by atoms with Crippen LogP contribution in [-0.4, -0.2) is 41.5 Å². The van der Waals surface area contributed by atoms with Crippen LogP contribution in [0.2, 0.25) is 5.02 Å². The van der Waals surface area contributed by atoms with E-state index >= 15 is 0 Å². The Morgan fingerprint density at radius 3 is 2.79 bits per heavy atom. The van der Waals surface area contributed by atoms with Gasteiger partial charge in [-0.05, 0) is 23.6 Å². The fourth-order valence-electron chi connectivity index (χ4n) is 3.28. The van der Waals surface area contributed by atoms with E-state index in [9.17, 15) is 9.59 Å². The Kier molecular flexibility index (Phi) is 5.98. The number of ether oxygens (including phenoxy) is 1. The van der Waals surface area contributed by atoms with Crippen molar-refractivity contribution in [2.45, 2.75) is 33.2 Å². The first-order valence-electron chi connectivity index (χ1n) is 9.35. The van der Waals surface area contributed by atoms with Crippen molar-refractivity contribution in [3.63, 3.8) is 0 Å². The Hall–Kier alpha value is -2.80. The molecule has 0 unspecified atom stereocenters. The SMILES string of the molecule is CN(C(=O)Nc1cc2c(cc1Cl)NC(=O)CO2)[C@H](Cc1ccccn1)C(C)(C)C. The second-order valence-corrected chi connectivity index (χ2v) is 8.52. The molecule has 2 aromatic rings. The molecule has 154 valence electrons. The van der Waals surface area contributed by atoms with Crippen LogP contribution in [0.1, 0.15) is 26.5 Å². The van der Waals surface area contributed by atoms with E-state index in [1.807, 2.05) is 18.2 Å². The molecule has 29 heavy (non-hydrogen) atoms. The van der Waals surface area contributed by atoms with Gasteiger partial charge in [0.25, 0.3) is 5.91 Å². The topological polar surface area (TPSA) is 83.6 Å². The van der Waals surface area contributed by atoms with Crippen molar-refractivity contribution in [2.24, 2.45) is 5.41 Å². The summed E-state index contributed by atoms with van der Waals surface area (Å²) in [4.78, 5) is 30.5. The molecule has 3 amide bonds. The number of fused-ring (bicyclic) bond motifs is 1. The average molecular weight is 417 g/mol. The molecule has 1 aromatic carbocycles. The molecular weight excluding hydrogens is 392 g/mol. The molecule has 0 saturated heterocycles. The molecule has 0 saturated carbocycles. The number of halogens is 1.